The molecule has 0 spiro atoms. The fourth-order valence-corrected chi connectivity index (χ4v) is 3.38. The van der Waals surface area contributed by atoms with E-state index in [0.29, 0.717) is 50.2 Å². The zero-order valence-corrected chi connectivity index (χ0v) is 16.2. The molecule has 0 bridgehead atoms. The summed E-state index contributed by atoms with van der Waals surface area (Å²) in [5.74, 6) is 0.425. The van der Waals surface area contributed by atoms with Gasteiger partial charge in [0.1, 0.15) is 0 Å². The van der Waals surface area contributed by atoms with E-state index in [4.69, 9.17) is 0 Å². The second-order valence-corrected chi connectivity index (χ2v) is 7.96. The molecular weight excluding hydrogens is 342 g/mol. The maximum absolute atomic E-state index is 12.3. The molecule has 2 amide bonds. The number of carbonyl (C=O) groups excluding carboxylic acids is 2. The molecule has 0 saturated carbocycles. The number of thioether (sulfide) groups is 1. The maximum atomic E-state index is 12.3. The summed E-state index contributed by atoms with van der Waals surface area (Å²) in [7, 11) is 0. The third-order valence-corrected chi connectivity index (χ3v) is 4.67. The molecule has 1 saturated heterocycles. The van der Waals surface area contributed by atoms with Gasteiger partial charge < -0.3 is 10.2 Å². The van der Waals surface area contributed by atoms with Crippen molar-refractivity contribution in [2.75, 3.05) is 38.5 Å². The first-order valence-electron chi connectivity index (χ1n) is 8.48. The van der Waals surface area contributed by atoms with Crippen LogP contribution in [0.4, 0.5) is 0 Å². The van der Waals surface area contributed by atoms with Crippen LogP contribution in [-0.4, -0.2) is 85.8 Å². The largest absolute Gasteiger partial charge is 0.350 e. The number of aromatic nitrogens is 4. The standard InChI is InChI=1S/C15H27N7O2S/c1-5-22-14(17-18-19-22)25-11-13(24)21-8-6-20(7-9-21)10-12(23)16-15(2,3)4/h5-11H2,1-4H3,(H,16,23). The van der Waals surface area contributed by atoms with Gasteiger partial charge >= 0.3 is 0 Å². The Labute approximate surface area is 152 Å². The van der Waals surface area contributed by atoms with E-state index < -0.39 is 0 Å². The van der Waals surface area contributed by atoms with Gasteiger partial charge in [-0.2, -0.15) is 0 Å². The molecule has 1 aromatic rings. The number of carbonyl (C=O) groups is 2. The van der Waals surface area contributed by atoms with Gasteiger partial charge in [0, 0.05) is 38.3 Å². The Bertz CT molecular complexity index is 591. The van der Waals surface area contributed by atoms with Crippen LogP contribution in [0, 0.1) is 0 Å². The van der Waals surface area contributed by atoms with E-state index in [1.54, 1.807) is 4.68 Å². The number of tetrazole rings is 1. The average Bonchev–Trinajstić information content (AvgIpc) is 2.99. The molecule has 1 aliphatic rings. The summed E-state index contributed by atoms with van der Waals surface area (Å²) in [5, 5.41) is 15.0. The van der Waals surface area contributed by atoms with E-state index in [9.17, 15) is 9.59 Å². The summed E-state index contributed by atoms with van der Waals surface area (Å²) in [6.45, 7) is 11.6. The number of rotatable bonds is 6. The third-order valence-electron chi connectivity index (χ3n) is 3.73. The van der Waals surface area contributed by atoms with Gasteiger partial charge in [0.25, 0.3) is 0 Å². The van der Waals surface area contributed by atoms with Crippen molar-refractivity contribution in [2.45, 2.75) is 44.9 Å². The predicted molar refractivity (Wildman–Crippen MR) is 95.1 cm³/mol. The van der Waals surface area contributed by atoms with Crippen LogP contribution in [-0.2, 0) is 16.1 Å². The SMILES string of the molecule is CCn1nnnc1SCC(=O)N1CCN(CC(=O)NC(C)(C)C)CC1. The lowest BCUT2D eigenvalue weighted by Gasteiger charge is -2.34. The Kier molecular flexibility index (Phi) is 6.77. The van der Waals surface area contributed by atoms with Gasteiger partial charge in [0.15, 0.2) is 0 Å². The van der Waals surface area contributed by atoms with Crippen LogP contribution in [0.25, 0.3) is 0 Å². The molecule has 10 heteroatoms. The summed E-state index contributed by atoms with van der Waals surface area (Å²) in [5.41, 5.74) is -0.222. The second kappa shape index (κ2) is 8.61. The monoisotopic (exact) mass is 369 g/mol. The van der Waals surface area contributed by atoms with Crippen molar-refractivity contribution in [2.24, 2.45) is 0 Å². The van der Waals surface area contributed by atoms with Crippen molar-refractivity contribution in [3.63, 3.8) is 0 Å². The first-order chi connectivity index (χ1) is 11.8. The minimum Gasteiger partial charge on any atom is -0.350 e. The minimum absolute atomic E-state index is 0.0224. The minimum atomic E-state index is -0.222. The Morgan fingerprint density at radius 1 is 1.20 bits per heavy atom. The van der Waals surface area contributed by atoms with Crippen LogP contribution in [0.2, 0.25) is 0 Å². The highest BCUT2D eigenvalue weighted by molar-refractivity contribution is 7.99. The molecule has 0 aromatic carbocycles. The Morgan fingerprint density at radius 2 is 1.88 bits per heavy atom. The molecule has 1 N–H and O–H groups in total. The molecule has 1 aromatic heterocycles. The molecule has 2 heterocycles. The van der Waals surface area contributed by atoms with Crippen molar-refractivity contribution in [3.05, 3.63) is 0 Å². The van der Waals surface area contributed by atoms with Gasteiger partial charge in [-0.15, -0.1) is 5.10 Å². The van der Waals surface area contributed by atoms with E-state index in [-0.39, 0.29) is 17.4 Å². The summed E-state index contributed by atoms with van der Waals surface area (Å²) in [6, 6.07) is 0. The molecule has 140 valence electrons. The lowest BCUT2D eigenvalue weighted by atomic mass is 10.1. The molecule has 0 aliphatic carbocycles. The summed E-state index contributed by atoms with van der Waals surface area (Å²) in [4.78, 5) is 28.2. The molecule has 1 aliphatic heterocycles. The normalized spacial score (nSPS) is 16.1. The van der Waals surface area contributed by atoms with Gasteiger partial charge in [-0.3, -0.25) is 14.5 Å². The Hall–Kier alpha value is -1.68. The summed E-state index contributed by atoms with van der Waals surface area (Å²) < 4.78 is 1.67. The Balaban J connectivity index is 1.72. The number of nitrogens with zero attached hydrogens (tertiary/aromatic N) is 6. The molecule has 0 radical (unpaired) electrons. The van der Waals surface area contributed by atoms with Crippen LogP contribution in [0.1, 0.15) is 27.7 Å². The van der Waals surface area contributed by atoms with Crippen LogP contribution in [0.15, 0.2) is 5.16 Å². The van der Waals surface area contributed by atoms with Gasteiger partial charge in [-0.1, -0.05) is 11.8 Å². The maximum Gasteiger partial charge on any atom is 0.234 e. The zero-order valence-electron chi connectivity index (χ0n) is 15.4. The fourth-order valence-electron chi connectivity index (χ4n) is 2.53. The highest BCUT2D eigenvalue weighted by atomic mass is 32.2. The molecule has 9 nitrogen and oxygen atoms in total. The first-order valence-corrected chi connectivity index (χ1v) is 9.47. The van der Waals surface area contributed by atoms with E-state index >= 15 is 0 Å². The number of hydrogen-bond acceptors (Lipinski definition) is 7. The van der Waals surface area contributed by atoms with Gasteiger partial charge in [0.2, 0.25) is 17.0 Å². The highest BCUT2D eigenvalue weighted by Crippen LogP contribution is 2.15. The summed E-state index contributed by atoms with van der Waals surface area (Å²) >= 11 is 1.36. The topological polar surface area (TPSA) is 96.2 Å². The van der Waals surface area contributed by atoms with Crippen LogP contribution >= 0.6 is 11.8 Å². The number of nitrogens with one attached hydrogen (secondary N) is 1. The summed E-state index contributed by atoms with van der Waals surface area (Å²) in [6.07, 6.45) is 0. The van der Waals surface area contributed by atoms with E-state index in [1.165, 1.54) is 11.8 Å². The fraction of sp³-hybridized carbons (Fsp3) is 0.800. The first kappa shape index (κ1) is 19.6. The average molecular weight is 369 g/mol. The van der Waals surface area contributed by atoms with E-state index in [0.717, 1.165) is 0 Å². The van der Waals surface area contributed by atoms with Gasteiger partial charge in [-0.25, -0.2) is 4.68 Å². The smallest absolute Gasteiger partial charge is 0.234 e. The molecule has 0 unspecified atom stereocenters. The lowest BCUT2D eigenvalue weighted by molar-refractivity contribution is -0.130. The molecule has 25 heavy (non-hydrogen) atoms. The van der Waals surface area contributed by atoms with Crippen LogP contribution < -0.4 is 5.32 Å². The number of piperazine rings is 1. The van der Waals surface area contributed by atoms with Crippen molar-refractivity contribution < 1.29 is 9.59 Å². The van der Waals surface area contributed by atoms with Crippen LogP contribution in [0.5, 0.6) is 0 Å². The number of hydrogen-bond donors (Lipinski definition) is 1. The van der Waals surface area contributed by atoms with Gasteiger partial charge in [0.05, 0.1) is 12.3 Å². The van der Waals surface area contributed by atoms with Crippen molar-refractivity contribution >= 4 is 23.6 Å². The quantitative estimate of drug-likeness (QED) is 0.696. The lowest BCUT2D eigenvalue weighted by Crippen LogP contribution is -2.53. The molecule has 1 fully saturated rings. The zero-order chi connectivity index (χ0) is 18.4. The van der Waals surface area contributed by atoms with E-state index in [2.05, 4.69) is 25.7 Å². The van der Waals surface area contributed by atoms with Crippen molar-refractivity contribution in [1.29, 1.82) is 0 Å². The Morgan fingerprint density at radius 3 is 2.48 bits per heavy atom. The molecule has 0 atom stereocenters. The predicted octanol–water partition coefficient (Wildman–Crippen LogP) is -0.156. The third kappa shape index (κ3) is 6.28. The second-order valence-electron chi connectivity index (χ2n) is 7.02. The van der Waals surface area contributed by atoms with E-state index in [1.807, 2.05) is 32.6 Å². The van der Waals surface area contributed by atoms with Crippen molar-refractivity contribution in [3.8, 4) is 0 Å². The molecular formula is C15H27N7O2S. The van der Waals surface area contributed by atoms with Gasteiger partial charge in [-0.05, 0) is 38.1 Å². The van der Waals surface area contributed by atoms with Crippen LogP contribution in [0.3, 0.4) is 0 Å². The number of amides is 2. The highest BCUT2D eigenvalue weighted by Gasteiger charge is 2.24. The number of aryl methyl sites for hydroxylation is 1. The van der Waals surface area contributed by atoms with Crippen molar-refractivity contribution in [1.82, 2.24) is 35.3 Å². The molecule has 2 rings (SSSR count).